The van der Waals surface area contributed by atoms with E-state index in [0.717, 1.165) is 27.0 Å². The number of amides is 1. The van der Waals surface area contributed by atoms with Gasteiger partial charge in [0, 0.05) is 10.0 Å². The Kier molecular flexibility index (Phi) is 6.37. The van der Waals surface area contributed by atoms with Gasteiger partial charge in [0.05, 0.1) is 10.6 Å². The monoisotopic (exact) mass is 495 g/mol. The van der Waals surface area contributed by atoms with Crippen molar-refractivity contribution < 1.29 is 9.53 Å². The molecule has 1 aliphatic rings. The Morgan fingerprint density at radius 2 is 1.83 bits per heavy atom. The van der Waals surface area contributed by atoms with Crippen LogP contribution in [0.1, 0.15) is 16.7 Å². The quantitative estimate of drug-likeness (QED) is 0.289. The van der Waals surface area contributed by atoms with Gasteiger partial charge in [-0.2, -0.15) is 0 Å². The van der Waals surface area contributed by atoms with Gasteiger partial charge < -0.3 is 4.74 Å². The fourth-order valence-electron chi connectivity index (χ4n) is 3.12. The summed E-state index contributed by atoms with van der Waals surface area (Å²) < 4.78 is 7.53. The van der Waals surface area contributed by atoms with Gasteiger partial charge in [-0.1, -0.05) is 87.9 Å². The summed E-state index contributed by atoms with van der Waals surface area (Å²) in [4.78, 5) is 15.2. The molecule has 0 aliphatic carbocycles. The number of benzene rings is 3. The van der Waals surface area contributed by atoms with Crippen LogP contribution >= 0.6 is 39.9 Å². The van der Waals surface area contributed by atoms with Gasteiger partial charge in [0.15, 0.2) is 4.32 Å². The summed E-state index contributed by atoms with van der Waals surface area (Å²) in [5.41, 5.74) is 3.90. The highest BCUT2D eigenvalue weighted by molar-refractivity contribution is 9.10. The van der Waals surface area contributed by atoms with Crippen molar-refractivity contribution in [1.29, 1.82) is 0 Å². The standard InChI is InChI=1S/C24H18BrNO2S2/c1-16-5-4-6-17(13-16)15-28-21-8-3-2-7-18(21)14-22-23(27)26(24(29)30-22)20-11-9-19(25)10-12-20/h2-14H,15H2,1H3/b22-14+. The van der Waals surface area contributed by atoms with Crippen LogP contribution in [-0.2, 0) is 11.4 Å². The molecule has 1 amide bonds. The third-order valence-corrected chi connectivity index (χ3v) is 6.39. The third-order valence-electron chi connectivity index (χ3n) is 4.56. The second kappa shape index (κ2) is 9.16. The highest BCUT2D eigenvalue weighted by Crippen LogP contribution is 2.37. The van der Waals surface area contributed by atoms with E-state index in [1.54, 1.807) is 4.90 Å². The number of anilines is 1. The van der Waals surface area contributed by atoms with E-state index >= 15 is 0 Å². The molecule has 1 saturated heterocycles. The van der Waals surface area contributed by atoms with Gasteiger partial charge in [0.1, 0.15) is 12.4 Å². The predicted molar refractivity (Wildman–Crippen MR) is 132 cm³/mol. The Hall–Kier alpha value is -2.41. The summed E-state index contributed by atoms with van der Waals surface area (Å²) in [6.07, 6.45) is 1.85. The first kappa shape index (κ1) is 20.8. The number of thioether (sulfide) groups is 1. The second-order valence-corrected chi connectivity index (χ2v) is 9.40. The SMILES string of the molecule is Cc1cccc(COc2ccccc2/C=C2/SC(=S)N(c3ccc(Br)cc3)C2=O)c1. The van der Waals surface area contributed by atoms with E-state index in [4.69, 9.17) is 17.0 Å². The molecule has 150 valence electrons. The summed E-state index contributed by atoms with van der Waals surface area (Å²) in [5, 5.41) is 0. The number of halogens is 1. The fraction of sp³-hybridized carbons (Fsp3) is 0.0833. The first-order chi connectivity index (χ1) is 14.5. The molecule has 0 spiro atoms. The van der Waals surface area contributed by atoms with Gasteiger partial charge in [-0.25, -0.2) is 0 Å². The van der Waals surface area contributed by atoms with Gasteiger partial charge in [-0.15, -0.1) is 0 Å². The van der Waals surface area contributed by atoms with Crippen molar-refractivity contribution in [2.24, 2.45) is 0 Å². The van der Waals surface area contributed by atoms with Gasteiger partial charge >= 0.3 is 0 Å². The van der Waals surface area contributed by atoms with Crippen LogP contribution in [0.3, 0.4) is 0 Å². The molecular weight excluding hydrogens is 478 g/mol. The summed E-state index contributed by atoms with van der Waals surface area (Å²) in [6, 6.07) is 23.5. The highest BCUT2D eigenvalue weighted by atomic mass is 79.9. The van der Waals surface area contributed by atoms with Crippen molar-refractivity contribution in [1.82, 2.24) is 0 Å². The van der Waals surface area contributed by atoms with Crippen molar-refractivity contribution >= 4 is 61.9 Å². The topological polar surface area (TPSA) is 29.5 Å². The minimum Gasteiger partial charge on any atom is -0.488 e. The molecule has 0 aromatic heterocycles. The number of para-hydroxylation sites is 1. The molecule has 4 rings (SSSR count). The van der Waals surface area contributed by atoms with Crippen molar-refractivity contribution in [3.63, 3.8) is 0 Å². The predicted octanol–water partition coefficient (Wildman–Crippen LogP) is 6.74. The molecule has 0 radical (unpaired) electrons. The number of ether oxygens (including phenoxy) is 1. The van der Waals surface area contributed by atoms with Crippen LogP contribution < -0.4 is 9.64 Å². The maximum atomic E-state index is 13.0. The number of carbonyl (C=O) groups excluding carboxylic acids is 1. The smallest absolute Gasteiger partial charge is 0.270 e. The lowest BCUT2D eigenvalue weighted by atomic mass is 10.1. The zero-order chi connectivity index (χ0) is 21.1. The average Bonchev–Trinajstić information content (AvgIpc) is 3.01. The number of thiocarbonyl (C=S) groups is 1. The number of nitrogens with zero attached hydrogens (tertiary/aromatic N) is 1. The lowest BCUT2D eigenvalue weighted by Gasteiger charge is -2.14. The van der Waals surface area contributed by atoms with Crippen LogP contribution in [0.4, 0.5) is 5.69 Å². The number of carbonyl (C=O) groups is 1. The number of aryl methyl sites for hydroxylation is 1. The molecule has 3 aromatic carbocycles. The van der Waals surface area contributed by atoms with Crippen LogP contribution in [0.5, 0.6) is 5.75 Å². The first-order valence-electron chi connectivity index (χ1n) is 9.32. The van der Waals surface area contributed by atoms with Crippen LogP contribution in [0, 0.1) is 6.92 Å². The minimum absolute atomic E-state index is 0.124. The zero-order valence-corrected chi connectivity index (χ0v) is 19.4. The molecule has 3 nitrogen and oxygen atoms in total. The summed E-state index contributed by atoms with van der Waals surface area (Å²) in [5.74, 6) is 0.605. The molecule has 6 heteroatoms. The Labute approximate surface area is 193 Å². The summed E-state index contributed by atoms with van der Waals surface area (Å²) in [6.45, 7) is 2.53. The molecule has 0 bridgehead atoms. The Morgan fingerprint density at radius 1 is 1.07 bits per heavy atom. The van der Waals surface area contributed by atoms with E-state index in [1.807, 2.05) is 66.7 Å². The maximum absolute atomic E-state index is 13.0. The molecule has 0 N–H and O–H groups in total. The lowest BCUT2D eigenvalue weighted by molar-refractivity contribution is -0.113. The lowest BCUT2D eigenvalue weighted by Crippen LogP contribution is -2.27. The molecule has 0 unspecified atom stereocenters. The van der Waals surface area contributed by atoms with Crippen LogP contribution in [0.2, 0.25) is 0 Å². The molecular formula is C24H18BrNO2S2. The third kappa shape index (κ3) is 4.67. The van der Waals surface area contributed by atoms with E-state index < -0.39 is 0 Å². The Morgan fingerprint density at radius 3 is 2.60 bits per heavy atom. The van der Waals surface area contributed by atoms with Crippen molar-refractivity contribution in [3.8, 4) is 5.75 Å². The summed E-state index contributed by atoms with van der Waals surface area (Å²) >= 11 is 10.2. The van der Waals surface area contributed by atoms with E-state index in [1.165, 1.54) is 17.3 Å². The highest BCUT2D eigenvalue weighted by Gasteiger charge is 2.33. The molecule has 0 atom stereocenters. The second-order valence-electron chi connectivity index (χ2n) is 6.81. The van der Waals surface area contributed by atoms with Crippen LogP contribution in [-0.4, -0.2) is 10.2 Å². The van der Waals surface area contributed by atoms with Crippen molar-refractivity contribution in [2.45, 2.75) is 13.5 Å². The van der Waals surface area contributed by atoms with Gasteiger partial charge in [0.2, 0.25) is 0 Å². The van der Waals surface area contributed by atoms with E-state index in [2.05, 4.69) is 35.0 Å². The average molecular weight is 496 g/mol. The fourth-order valence-corrected chi connectivity index (χ4v) is 4.67. The molecule has 30 heavy (non-hydrogen) atoms. The first-order valence-corrected chi connectivity index (χ1v) is 11.3. The summed E-state index contributed by atoms with van der Waals surface area (Å²) in [7, 11) is 0. The van der Waals surface area contributed by atoms with E-state index in [0.29, 0.717) is 15.8 Å². The molecule has 3 aromatic rings. The minimum atomic E-state index is -0.124. The van der Waals surface area contributed by atoms with Crippen molar-refractivity contribution in [2.75, 3.05) is 4.90 Å². The number of rotatable bonds is 5. The van der Waals surface area contributed by atoms with Crippen molar-refractivity contribution in [3.05, 3.63) is 98.9 Å². The number of hydrogen-bond donors (Lipinski definition) is 0. The molecule has 1 heterocycles. The Balaban J connectivity index is 1.57. The van der Waals surface area contributed by atoms with E-state index in [-0.39, 0.29) is 5.91 Å². The number of hydrogen-bond acceptors (Lipinski definition) is 4. The van der Waals surface area contributed by atoms with Gasteiger partial charge in [0.25, 0.3) is 5.91 Å². The van der Waals surface area contributed by atoms with Gasteiger partial charge in [-0.3, -0.25) is 9.69 Å². The van der Waals surface area contributed by atoms with Gasteiger partial charge in [-0.05, 0) is 48.9 Å². The normalized spacial score (nSPS) is 15.1. The zero-order valence-electron chi connectivity index (χ0n) is 16.2. The molecule has 1 fully saturated rings. The van der Waals surface area contributed by atoms with Crippen LogP contribution in [0.25, 0.3) is 6.08 Å². The molecule has 1 aliphatic heterocycles. The van der Waals surface area contributed by atoms with Crippen LogP contribution in [0.15, 0.2) is 82.2 Å². The van der Waals surface area contributed by atoms with E-state index in [9.17, 15) is 4.79 Å². The molecule has 0 saturated carbocycles. The maximum Gasteiger partial charge on any atom is 0.270 e. The Bertz CT molecular complexity index is 1140. The largest absolute Gasteiger partial charge is 0.488 e.